The smallest absolute Gasteiger partial charge is 0.254 e. The van der Waals surface area contributed by atoms with Crippen LogP contribution >= 0.6 is 0 Å². The number of hydrogen-bond acceptors (Lipinski definition) is 2. The Morgan fingerprint density at radius 2 is 2.19 bits per heavy atom. The molecule has 0 spiro atoms. The maximum Gasteiger partial charge on any atom is 0.254 e. The zero-order valence-electron chi connectivity index (χ0n) is 9.73. The Morgan fingerprint density at radius 1 is 1.44 bits per heavy atom. The van der Waals surface area contributed by atoms with E-state index in [1.165, 1.54) is 0 Å². The molecule has 0 radical (unpaired) electrons. The number of amides is 1. The van der Waals surface area contributed by atoms with Crippen molar-refractivity contribution in [3.8, 4) is 0 Å². The Kier molecular flexibility index (Phi) is 2.97. The van der Waals surface area contributed by atoms with Crippen LogP contribution in [0.3, 0.4) is 0 Å². The summed E-state index contributed by atoms with van der Waals surface area (Å²) in [6.07, 6.45) is 0.882. The molecule has 1 aromatic rings. The second-order valence-electron chi connectivity index (χ2n) is 4.49. The molecule has 86 valence electrons. The molecule has 1 heterocycles. The number of aliphatic hydroxyl groups is 1. The third-order valence-electron chi connectivity index (χ3n) is 3.09. The van der Waals surface area contributed by atoms with Crippen molar-refractivity contribution in [1.29, 1.82) is 0 Å². The van der Waals surface area contributed by atoms with E-state index in [0.717, 1.165) is 29.7 Å². The van der Waals surface area contributed by atoms with Crippen LogP contribution in [-0.4, -0.2) is 28.5 Å². The molecule has 1 aliphatic heterocycles. The van der Waals surface area contributed by atoms with E-state index in [1.54, 1.807) is 0 Å². The standard InChI is InChI=1S/C13H17NO2/c1-9(2)14-6-5-11-7-10(8-15)3-4-12(11)13(14)16/h3-4,7,9,15H,5-6,8H2,1-2H3. The molecule has 0 atom stereocenters. The summed E-state index contributed by atoms with van der Waals surface area (Å²) in [5.74, 6) is 0.112. The highest BCUT2D eigenvalue weighted by atomic mass is 16.3. The fraction of sp³-hybridized carbons (Fsp3) is 0.462. The molecule has 2 rings (SSSR count). The maximum absolute atomic E-state index is 12.1. The van der Waals surface area contributed by atoms with Crippen molar-refractivity contribution in [2.45, 2.75) is 32.9 Å². The van der Waals surface area contributed by atoms with Gasteiger partial charge in [-0.1, -0.05) is 12.1 Å². The summed E-state index contributed by atoms with van der Waals surface area (Å²) in [5.41, 5.74) is 2.73. The summed E-state index contributed by atoms with van der Waals surface area (Å²) in [6.45, 7) is 4.88. The van der Waals surface area contributed by atoms with Crippen molar-refractivity contribution in [1.82, 2.24) is 4.90 Å². The Labute approximate surface area is 95.7 Å². The third-order valence-corrected chi connectivity index (χ3v) is 3.09. The summed E-state index contributed by atoms with van der Waals surface area (Å²) in [4.78, 5) is 14.0. The first kappa shape index (κ1) is 11.1. The second kappa shape index (κ2) is 4.26. The van der Waals surface area contributed by atoms with Crippen LogP contribution in [0.15, 0.2) is 18.2 Å². The summed E-state index contributed by atoms with van der Waals surface area (Å²) in [5, 5.41) is 9.05. The van der Waals surface area contributed by atoms with Crippen LogP contribution in [0.4, 0.5) is 0 Å². The number of nitrogens with zero attached hydrogens (tertiary/aromatic N) is 1. The minimum absolute atomic E-state index is 0.0371. The van der Waals surface area contributed by atoms with E-state index in [-0.39, 0.29) is 18.6 Å². The SMILES string of the molecule is CC(C)N1CCc2cc(CO)ccc2C1=O. The van der Waals surface area contributed by atoms with Gasteiger partial charge in [0.1, 0.15) is 0 Å². The summed E-state index contributed by atoms with van der Waals surface area (Å²) in [6, 6.07) is 5.83. The average molecular weight is 219 g/mol. The minimum atomic E-state index is 0.0371. The summed E-state index contributed by atoms with van der Waals surface area (Å²) in [7, 11) is 0. The number of hydrogen-bond donors (Lipinski definition) is 1. The monoisotopic (exact) mass is 219 g/mol. The molecular formula is C13H17NO2. The highest BCUT2D eigenvalue weighted by molar-refractivity contribution is 5.97. The number of aliphatic hydroxyl groups excluding tert-OH is 1. The predicted octanol–water partition coefficient (Wildman–Crippen LogP) is 1.59. The van der Waals surface area contributed by atoms with Gasteiger partial charge in [0.2, 0.25) is 0 Å². The topological polar surface area (TPSA) is 40.5 Å². The Morgan fingerprint density at radius 3 is 2.81 bits per heavy atom. The zero-order chi connectivity index (χ0) is 11.7. The van der Waals surface area contributed by atoms with Gasteiger partial charge in [-0.2, -0.15) is 0 Å². The van der Waals surface area contributed by atoms with E-state index < -0.39 is 0 Å². The number of rotatable bonds is 2. The number of carbonyl (C=O) groups is 1. The van der Waals surface area contributed by atoms with Gasteiger partial charge in [-0.05, 0) is 37.5 Å². The molecule has 1 aliphatic rings. The van der Waals surface area contributed by atoms with Crippen LogP contribution in [0.1, 0.15) is 35.3 Å². The molecule has 16 heavy (non-hydrogen) atoms. The van der Waals surface area contributed by atoms with Crippen molar-refractivity contribution in [3.63, 3.8) is 0 Å². The molecule has 3 heteroatoms. The van der Waals surface area contributed by atoms with E-state index in [2.05, 4.69) is 0 Å². The van der Waals surface area contributed by atoms with Crippen LogP contribution in [0.25, 0.3) is 0 Å². The van der Waals surface area contributed by atoms with Gasteiger partial charge in [0, 0.05) is 18.2 Å². The molecule has 0 unspecified atom stereocenters. The Bertz CT molecular complexity index is 412. The second-order valence-corrected chi connectivity index (χ2v) is 4.49. The molecule has 0 aromatic heterocycles. The van der Waals surface area contributed by atoms with Gasteiger partial charge in [-0.3, -0.25) is 4.79 Å². The molecule has 0 bridgehead atoms. The first-order valence-electron chi connectivity index (χ1n) is 5.67. The fourth-order valence-corrected chi connectivity index (χ4v) is 2.15. The van der Waals surface area contributed by atoms with E-state index in [0.29, 0.717) is 0 Å². The van der Waals surface area contributed by atoms with Crippen LogP contribution in [0.2, 0.25) is 0 Å². The lowest BCUT2D eigenvalue weighted by molar-refractivity contribution is 0.0688. The predicted molar refractivity (Wildman–Crippen MR) is 62.2 cm³/mol. The number of carbonyl (C=O) groups excluding carboxylic acids is 1. The van der Waals surface area contributed by atoms with Gasteiger partial charge in [0.05, 0.1) is 6.61 Å². The molecule has 0 saturated carbocycles. The fourth-order valence-electron chi connectivity index (χ4n) is 2.15. The molecule has 1 N–H and O–H groups in total. The first-order valence-corrected chi connectivity index (χ1v) is 5.67. The molecule has 1 aromatic carbocycles. The van der Waals surface area contributed by atoms with Crippen LogP contribution < -0.4 is 0 Å². The lowest BCUT2D eigenvalue weighted by atomic mass is 9.96. The minimum Gasteiger partial charge on any atom is -0.392 e. The van der Waals surface area contributed by atoms with Crippen molar-refractivity contribution in [3.05, 3.63) is 34.9 Å². The van der Waals surface area contributed by atoms with Gasteiger partial charge in [-0.15, -0.1) is 0 Å². The third kappa shape index (κ3) is 1.83. The Hall–Kier alpha value is -1.35. The molecule has 0 saturated heterocycles. The lowest BCUT2D eigenvalue weighted by Gasteiger charge is -2.32. The highest BCUT2D eigenvalue weighted by Crippen LogP contribution is 2.21. The molecule has 3 nitrogen and oxygen atoms in total. The van der Waals surface area contributed by atoms with Gasteiger partial charge < -0.3 is 10.0 Å². The van der Waals surface area contributed by atoms with E-state index in [9.17, 15) is 4.79 Å². The van der Waals surface area contributed by atoms with Gasteiger partial charge in [0.25, 0.3) is 5.91 Å². The quantitative estimate of drug-likeness (QED) is 0.820. The van der Waals surface area contributed by atoms with Crippen molar-refractivity contribution in [2.24, 2.45) is 0 Å². The average Bonchev–Trinajstić information content (AvgIpc) is 2.28. The molecule has 1 amide bonds. The van der Waals surface area contributed by atoms with Gasteiger partial charge in [0.15, 0.2) is 0 Å². The number of benzene rings is 1. The normalized spacial score (nSPS) is 15.5. The Balaban J connectivity index is 2.35. The van der Waals surface area contributed by atoms with E-state index >= 15 is 0 Å². The summed E-state index contributed by atoms with van der Waals surface area (Å²) >= 11 is 0. The van der Waals surface area contributed by atoms with Crippen LogP contribution in [0.5, 0.6) is 0 Å². The molecular weight excluding hydrogens is 202 g/mol. The van der Waals surface area contributed by atoms with Crippen LogP contribution in [-0.2, 0) is 13.0 Å². The molecule has 0 aliphatic carbocycles. The van der Waals surface area contributed by atoms with Gasteiger partial charge >= 0.3 is 0 Å². The highest BCUT2D eigenvalue weighted by Gasteiger charge is 2.25. The maximum atomic E-state index is 12.1. The van der Waals surface area contributed by atoms with E-state index in [1.807, 2.05) is 36.9 Å². The van der Waals surface area contributed by atoms with Crippen molar-refractivity contribution in [2.75, 3.05) is 6.54 Å². The van der Waals surface area contributed by atoms with E-state index in [4.69, 9.17) is 5.11 Å². The molecule has 0 fully saturated rings. The zero-order valence-corrected chi connectivity index (χ0v) is 9.73. The lowest BCUT2D eigenvalue weighted by Crippen LogP contribution is -2.42. The number of fused-ring (bicyclic) bond motifs is 1. The van der Waals surface area contributed by atoms with Crippen molar-refractivity contribution >= 4 is 5.91 Å². The van der Waals surface area contributed by atoms with Crippen molar-refractivity contribution < 1.29 is 9.90 Å². The first-order chi connectivity index (χ1) is 7.63. The summed E-state index contributed by atoms with van der Waals surface area (Å²) < 4.78 is 0. The van der Waals surface area contributed by atoms with Crippen LogP contribution in [0, 0.1) is 0 Å². The largest absolute Gasteiger partial charge is 0.392 e. The van der Waals surface area contributed by atoms with Gasteiger partial charge in [-0.25, -0.2) is 0 Å².